The van der Waals surface area contributed by atoms with Gasteiger partial charge in [0, 0.05) is 4.47 Å². The van der Waals surface area contributed by atoms with Gasteiger partial charge in [-0.25, -0.2) is 4.39 Å². The van der Waals surface area contributed by atoms with Gasteiger partial charge in [-0.05, 0) is 34.5 Å². The van der Waals surface area contributed by atoms with Crippen molar-refractivity contribution >= 4 is 26.7 Å². The fraction of sp³-hybridized carbons (Fsp3) is 0.0909. The van der Waals surface area contributed by atoms with Crippen LogP contribution in [-0.2, 0) is 6.61 Å². The molecule has 1 N–H and O–H groups in total. The molecule has 0 heterocycles. The molecule has 0 spiro atoms. The van der Waals surface area contributed by atoms with Crippen LogP contribution >= 0.6 is 15.9 Å². The van der Waals surface area contributed by atoms with E-state index in [1.165, 1.54) is 12.1 Å². The zero-order valence-corrected chi connectivity index (χ0v) is 8.88. The predicted molar refractivity (Wildman–Crippen MR) is 57.5 cm³/mol. The van der Waals surface area contributed by atoms with E-state index in [0.29, 0.717) is 0 Å². The molecule has 2 aromatic rings. The van der Waals surface area contributed by atoms with Gasteiger partial charge >= 0.3 is 0 Å². The third kappa shape index (κ3) is 1.53. The summed E-state index contributed by atoms with van der Waals surface area (Å²) >= 11 is 3.34. The number of halogens is 2. The van der Waals surface area contributed by atoms with Gasteiger partial charge in [-0.1, -0.05) is 28.1 Å². The van der Waals surface area contributed by atoms with Gasteiger partial charge in [-0.2, -0.15) is 0 Å². The van der Waals surface area contributed by atoms with E-state index in [-0.39, 0.29) is 12.4 Å². The molecule has 0 saturated carbocycles. The smallest absolute Gasteiger partial charge is 0.123 e. The van der Waals surface area contributed by atoms with Crippen LogP contribution in [0.3, 0.4) is 0 Å². The molecule has 0 aliphatic carbocycles. The zero-order chi connectivity index (χ0) is 10.1. The second-order valence-electron chi connectivity index (χ2n) is 3.05. The Kier molecular flexibility index (Phi) is 2.52. The number of fused-ring (bicyclic) bond motifs is 1. The molecule has 0 saturated heterocycles. The SMILES string of the molecule is OCc1c(Br)ccc2cc(F)ccc12. The van der Waals surface area contributed by atoms with Crippen LogP contribution < -0.4 is 0 Å². The molecule has 0 fully saturated rings. The van der Waals surface area contributed by atoms with Gasteiger partial charge in [0.15, 0.2) is 0 Å². The molecule has 2 aromatic carbocycles. The number of hydrogen-bond acceptors (Lipinski definition) is 1. The number of aliphatic hydroxyl groups is 1. The van der Waals surface area contributed by atoms with Crippen LogP contribution in [0.25, 0.3) is 10.8 Å². The lowest BCUT2D eigenvalue weighted by atomic mass is 10.1. The summed E-state index contributed by atoms with van der Waals surface area (Å²) in [7, 11) is 0. The summed E-state index contributed by atoms with van der Waals surface area (Å²) in [6, 6.07) is 8.17. The minimum absolute atomic E-state index is 0.0520. The molecule has 0 radical (unpaired) electrons. The summed E-state index contributed by atoms with van der Waals surface area (Å²) in [6.07, 6.45) is 0. The molecular weight excluding hydrogens is 247 g/mol. The second-order valence-corrected chi connectivity index (χ2v) is 3.90. The zero-order valence-electron chi connectivity index (χ0n) is 7.30. The highest BCUT2D eigenvalue weighted by Crippen LogP contribution is 2.26. The van der Waals surface area contributed by atoms with Crippen molar-refractivity contribution in [3.05, 3.63) is 46.2 Å². The highest BCUT2D eigenvalue weighted by molar-refractivity contribution is 9.10. The highest BCUT2D eigenvalue weighted by Gasteiger charge is 2.04. The van der Waals surface area contributed by atoms with Crippen molar-refractivity contribution in [2.24, 2.45) is 0 Å². The predicted octanol–water partition coefficient (Wildman–Crippen LogP) is 3.23. The van der Waals surface area contributed by atoms with Gasteiger partial charge in [0.25, 0.3) is 0 Å². The van der Waals surface area contributed by atoms with Crippen LogP contribution in [-0.4, -0.2) is 5.11 Å². The van der Waals surface area contributed by atoms with E-state index in [1.807, 2.05) is 12.1 Å². The average Bonchev–Trinajstić information content (AvgIpc) is 2.18. The Bertz CT molecular complexity index is 482. The molecule has 2 rings (SSSR count). The van der Waals surface area contributed by atoms with Gasteiger partial charge in [-0.3, -0.25) is 0 Å². The molecule has 3 heteroatoms. The lowest BCUT2D eigenvalue weighted by molar-refractivity contribution is 0.282. The van der Waals surface area contributed by atoms with Crippen molar-refractivity contribution in [1.29, 1.82) is 0 Å². The van der Waals surface area contributed by atoms with Crippen molar-refractivity contribution in [2.75, 3.05) is 0 Å². The lowest BCUT2D eigenvalue weighted by Gasteiger charge is -2.06. The molecular formula is C11H8BrFO. The van der Waals surface area contributed by atoms with E-state index >= 15 is 0 Å². The Morgan fingerprint density at radius 3 is 2.71 bits per heavy atom. The number of benzene rings is 2. The Labute approximate surface area is 89.3 Å². The summed E-state index contributed by atoms with van der Waals surface area (Å²) < 4.78 is 13.7. The van der Waals surface area contributed by atoms with E-state index in [2.05, 4.69) is 15.9 Å². The molecule has 0 aliphatic rings. The van der Waals surface area contributed by atoms with Crippen LogP contribution in [0.1, 0.15) is 5.56 Å². The van der Waals surface area contributed by atoms with Crippen molar-refractivity contribution in [1.82, 2.24) is 0 Å². The van der Waals surface area contributed by atoms with E-state index in [4.69, 9.17) is 5.11 Å². The highest BCUT2D eigenvalue weighted by atomic mass is 79.9. The minimum Gasteiger partial charge on any atom is -0.392 e. The van der Waals surface area contributed by atoms with E-state index < -0.39 is 0 Å². The Morgan fingerprint density at radius 1 is 1.21 bits per heavy atom. The maximum absolute atomic E-state index is 12.9. The fourth-order valence-corrected chi connectivity index (χ4v) is 1.97. The van der Waals surface area contributed by atoms with Crippen LogP contribution in [0.4, 0.5) is 4.39 Å². The van der Waals surface area contributed by atoms with Crippen molar-refractivity contribution in [3.63, 3.8) is 0 Å². The Balaban J connectivity index is 2.82. The summed E-state index contributed by atoms with van der Waals surface area (Å²) in [6.45, 7) is -0.0520. The standard InChI is InChI=1S/C11H8BrFO/c12-11-4-1-7-5-8(13)2-3-9(7)10(11)6-14/h1-5,14H,6H2. The summed E-state index contributed by atoms with van der Waals surface area (Å²) in [5.74, 6) is -0.260. The molecule has 0 bridgehead atoms. The maximum Gasteiger partial charge on any atom is 0.123 e. The minimum atomic E-state index is -0.260. The van der Waals surface area contributed by atoms with Crippen LogP contribution in [0.2, 0.25) is 0 Å². The third-order valence-corrected chi connectivity index (χ3v) is 2.94. The van der Waals surface area contributed by atoms with Gasteiger partial charge in [0.1, 0.15) is 5.82 Å². The molecule has 14 heavy (non-hydrogen) atoms. The molecule has 0 aromatic heterocycles. The van der Waals surface area contributed by atoms with Crippen LogP contribution in [0.5, 0.6) is 0 Å². The number of aliphatic hydroxyl groups excluding tert-OH is 1. The first-order valence-electron chi connectivity index (χ1n) is 4.20. The van der Waals surface area contributed by atoms with Gasteiger partial charge in [-0.15, -0.1) is 0 Å². The largest absolute Gasteiger partial charge is 0.392 e. The first-order chi connectivity index (χ1) is 6.72. The maximum atomic E-state index is 12.9. The van der Waals surface area contributed by atoms with Crippen molar-refractivity contribution in [2.45, 2.75) is 6.61 Å². The normalized spacial score (nSPS) is 10.8. The first-order valence-corrected chi connectivity index (χ1v) is 4.99. The van der Waals surface area contributed by atoms with Crippen molar-refractivity contribution in [3.8, 4) is 0 Å². The first kappa shape index (κ1) is 9.62. The lowest BCUT2D eigenvalue weighted by Crippen LogP contribution is -1.88. The molecule has 1 nitrogen and oxygen atoms in total. The van der Waals surface area contributed by atoms with Gasteiger partial charge in [0.2, 0.25) is 0 Å². The average molecular weight is 255 g/mol. The van der Waals surface area contributed by atoms with E-state index in [9.17, 15) is 4.39 Å². The van der Waals surface area contributed by atoms with Gasteiger partial charge in [0.05, 0.1) is 6.61 Å². The Hall–Kier alpha value is -0.930. The number of hydrogen-bond donors (Lipinski definition) is 1. The van der Waals surface area contributed by atoms with Crippen molar-refractivity contribution < 1.29 is 9.50 Å². The van der Waals surface area contributed by atoms with Crippen LogP contribution in [0.15, 0.2) is 34.8 Å². The quantitative estimate of drug-likeness (QED) is 0.829. The monoisotopic (exact) mass is 254 g/mol. The third-order valence-electron chi connectivity index (χ3n) is 2.19. The molecule has 0 atom stereocenters. The van der Waals surface area contributed by atoms with E-state index in [1.54, 1.807) is 6.07 Å². The number of rotatable bonds is 1. The summed E-state index contributed by atoms with van der Waals surface area (Å²) in [5.41, 5.74) is 0.794. The fourth-order valence-electron chi connectivity index (χ4n) is 1.50. The second kappa shape index (κ2) is 3.67. The molecule has 0 unspecified atom stereocenters. The summed E-state index contributed by atoms with van der Waals surface area (Å²) in [4.78, 5) is 0. The molecule has 0 amide bonds. The topological polar surface area (TPSA) is 20.2 Å². The van der Waals surface area contributed by atoms with Gasteiger partial charge < -0.3 is 5.11 Å². The molecule has 0 aliphatic heterocycles. The van der Waals surface area contributed by atoms with E-state index in [0.717, 1.165) is 20.8 Å². The van der Waals surface area contributed by atoms with Crippen LogP contribution in [0, 0.1) is 5.82 Å². The summed E-state index contributed by atoms with van der Waals surface area (Å²) in [5, 5.41) is 10.8. The molecule has 72 valence electrons. The Morgan fingerprint density at radius 2 is 2.00 bits per heavy atom.